The van der Waals surface area contributed by atoms with E-state index in [1.165, 1.54) is 0 Å². The summed E-state index contributed by atoms with van der Waals surface area (Å²) in [5.41, 5.74) is 0. The van der Waals surface area contributed by atoms with Crippen molar-refractivity contribution in [1.29, 1.82) is 0 Å². The number of nitrogens with one attached hydrogen (secondary N) is 1. The van der Waals surface area contributed by atoms with Crippen LogP contribution in [0.15, 0.2) is 0 Å². The van der Waals surface area contributed by atoms with Gasteiger partial charge in [-0.25, -0.2) is 4.79 Å². The first-order chi connectivity index (χ1) is 7.42. The molecule has 16 heavy (non-hydrogen) atoms. The van der Waals surface area contributed by atoms with Gasteiger partial charge in [-0.2, -0.15) is 0 Å². The van der Waals surface area contributed by atoms with E-state index in [1.54, 1.807) is 0 Å². The Morgan fingerprint density at radius 2 is 1.69 bits per heavy atom. The minimum atomic E-state index is -0.951. The van der Waals surface area contributed by atoms with Crippen molar-refractivity contribution in [3.8, 4) is 0 Å². The van der Waals surface area contributed by atoms with E-state index < -0.39 is 12.0 Å². The molecule has 0 aliphatic rings. The van der Waals surface area contributed by atoms with Crippen molar-refractivity contribution >= 4 is 11.9 Å². The smallest absolute Gasteiger partial charge is 0.326 e. The fraction of sp³-hybridized carbons (Fsp3) is 0.833. The summed E-state index contributed by atoms with van der Waals surface area (Å²) in [4.78, 5) is 22.7. The Morgan fingerprint density at radius 1 is 1.19 bits per heavy atom. The molecule has 0 bridgehead atoms. The molecule has 0 radical (unpaired) electrons. The molecule has 0 heterocycles. The van der Waals surface area contributed by atoms with E-state index in [0.717, 1.165) is 12.8 Å². The predicted molar refractivity (Wildman–Crippen MR) is 63.1 cm³/mol. The molecule has 0 spiro atoms. The van der Waals surface area contributed by atoms with Gasteiger partial charge in [0.05, 0.1) is 0 Å². The maximum Gasteiger partial charge on any atom is 0.326 e. The van der Waals surface area contributed by atoms with Crippen molar-refractivity contribution in [1.82, 2.24) is 5.32 Å². The number of amides is 1. The van der Waals surface area contributed by atoms with Gasteiger partial charge in [0.25, 0.3) is 0 Å². The largest absolute Gasteiger partial charge is 0.480 e. The number of rotatable bonds is 7. The number of aliphatic carboxylic acids is 1. The van der Waals surface area contributed by atoms with Gasteiger partial charge >= 0.3 is 5.97 Å². The van der Waals surface area contributed by atoms with E-state index in [4.69, 9.17) is 5.11 Å². The molecule has 2 N–H and O–H groups in total. The third-order valence-electron chi connectivity index (χ3n) is 2.68. The Balaban J connectivity index is 4.39. The third-order valence-corrected chi connectivity index (χ3v) is 2.68. The van der Waals surface area contributed by atoms with Gasteiger partial charge in [0.15, 0.2) is 0 Å². The summed E-state index contributed by atoms with van der Waals surface area (Å²) in [6.45, 7) is 7.76. The summed E-state index contributed by atoms with van der Waals surface area (Å²) >= 11 is 0. The van der Waals surface area contributed by atoms with Gasteiger partial charge < -0.3 is 10.4 Å². The zero-order valence-electron chi connectivity index (χ0n) is 10.6. The lowest BCUT2D eigenvalue weighted by molar-refractivity contribution is -0.143. The van der Waals surface area contributed by atoms with Gasteiger partial charge in [-0.15, -0.1) is 0 Å². The van der Waals surface area contributed by atoms with Crippen molar-refractivity contribution in [3.63, 3.8) is 0 Å². The van der Waals surface area contributed by atoms with Crippen LogP contribution in [0.25, 0.3) is 0 Å². The fourth-order valence-corrected chi connectivity index (χ4v) is 1.64. The molecule has 1 amide bonds. The molecule has 0 unspecified atom stereocenters. The lowest BCUT2D eigenvalue weighted by Gasteiger charge is -2.19. The van der Waals surface area contributed by atoms with Gasteiger partial charge in [-0.3, -0.25) is 4.79 Å². The monoisotopic (exact) mass is 229 g/mol. The summed E-state index contributed by atoms with van der Waals surface area (Å²) < 4.78 is 0. The highest BCUT2D eigenvalue weighted by Gasteiger charge is 2.23. The molecule has 4 heteroatoms. The van der Waals surface area contributed by atoms with Crippen LogP contribution in [0.1, 0.15) is 47.0 Å². The number of hydrogen-bond donors (Lipinski definition) is 2. The molecular formula is C12H23NO3. The summed E-state index contributed by atoms with van der Waals surface area (Å²) in [5.74, 6) is -0.914. The van der Waals surface area contributed by atoms with E-state index in [-0.39, 0.29) is 17.7 Å². The Bertz CT molecular complexity index is 234. The van der Waals surface area contributed by atoms with E-state index in [2.05, 4.69) is 5.32 Å². The van der Waals surface area contributed by atoms with Gasteiger partial charge in [-0.05, 0) is 25.2 Å². The van der Waals surface area contributed by atoms with Crippen LogP contribution in [0.4, 0.5) is 0 Å². The highest BCUT2D eigenvalue weighted by molar-refractivity contribution is 5.84. The van der Waals surface area contributed by atoms with E-state index in [9.17, 15) is 9.59 Å². The summed E-state index contributed by atoms with van der Waals surface area (Å²) in [6, 6.07) is -0.756. The molecule has 0 aromatic rings. The van der Waals surface area contributed by atoms with Crippen molar-refractivity contribution in [2.75, 3.05) is 0 Å². The van der Waals surface area contributed by atoms with Gasteiger partial charge in [0.1, 0.15) is 6.04 Å². The van der Waals surface area contributed by atoms with Crippen molar-refractivity contribution < 1.29 is 14.7 Å². The van der Waals surface area contributed by atoms with Crippen LogP contribution in [0.5, 0.6) is 0 Å². The zero-order chi connectivity index (χ0) is 12.7. The van der Waals surface area contributed by atoms with Crippen LogP contribution in [0, 0.1) is 11.8 Å². The molecule has 0 rings (SSSR count). The Hall–Kier alpha value is -1.06. The number of carboxylic acid groups (broad SMARTS) is 1. The minimum absolute atomic E-state index is 0.0750. The van der Waals surface area contributed by atoms with Crippen molar-refractivity contribution in [2.45, 2.75) is 53.0 Å². The number of carboxylic acids is 1. The zero-order valence-corrected chi connectivity index (χ0v) is 10.6. The molecule has 0 fully saturated rings. The summed E-state index contributed by atoms with van der Waals surface area (Å²) in [6.07, 6.45) is 1.97. The third kappa shape index (κ3) is 5.14. The second-order valence-electron chi connectivity index (χ2n) is 4.54. The fourth-order valence-electron chi connectivity index (χ4n) is 1.64. The van der Waals surface area contributed by atoms with E-state index in [1.807, 2.05) is 27.7 Å². The van der Waals surface area contributed by atoms with E-state index >= 15 is 0 Å². The maximum atomic E-state index is 11.7. The standard InChI is InChI=1S/C12H23NO3/c1-5-9(6-2)11(14)13-10(12(15)16)7-8(3)4/h8-10H,5-7H2,1-4H3,(H,13,14)(H,15,16)/t10-/m1/s1. The van der Waals surface area contributed by atoms with Crippen molar-refractivity contribution in [3.05, 3.63) is 0 Å². The molecule has 0 saturated carbocycles. The van der Waals surface area contributed by atoms with Crippen LogP contribution in [-0.2, 0) is 9.59 Å². The Labute approximate surface area is 97.4 Å². The van der Waals surface area contributed by atoms with E-state index in [0.29, 0.717) is 6.42 Å². The summed E-state index contributed by atoms with van der Waals surface area (Å²) in [5, 5.41) is 11.6. The molecule has 4 nitrogen and oxygen atoms in total. The van der Waals surface area contributed by atoms with Crippen molar-refractivity contribution in [2.24, 2.45) is 11.8 Å². The molecule has 0 aromatic heterocycles. The molecule has 0 aliphatic heterocycles. The highest BCUT2D eigenvalue weighted by Crippen LogP contribution is 2.10. The number of hydrogen-bond acceptors (Lipinski definition) is 2. The van der Waals surface area contributed by atoms with Crippen LogP contribution in [0.2, 0.25) is 0 Å². The predicted octanol–water partition coefficient (Wildman–Crippen LogP) is 2.04. The topological polar surface area (TPSA) is 66.4 Å². The molecular weight excluding hydrogens is 206 g/mol. The van der Waals surface area contributed by atoms with Crippen LogP contribution < -0.4 is 5.32 Å². The molecule has 0 saturated heterocycles. The quantitative estimate of drug-likeness (QED) is 0.702. The van der Waals surface area contributed by atoms with Gasteiger partial charge in [-0.1, -0.05) is 27.7 Å². The summed E-state index contributed by atoms with van der Waals surface area (Å²) in [7, 11) is 0. The molecule has 0 aliphatic carbocycles. The first-order valence-electron chi connectivity index (χ1n) is 5.95. The van der Waals surface area contributed by atoms with Gasteiger partial charge in [0, 0.05) is 5.92 Å². The first kappa shape index (κ1) is 14.9. The molecule has 94 valence electrons. The lowest BCUT2D eigenvalue weighted by Crippen LogP contribution is -2.44. The SMILES string of the molecule is CCC(CC)C(=O)N[C@H](CC(C)C)C(=O)O. The van der Waals surface area contributed by atoms with Crippen LogP contribution in [-0.4, -0.2) is 23.0 Å². The van der Waals surface area contributed by atoms with Crippen LogP contribution >= 0.6 is 0 Å². The average molecular weight is 229 g/mol. The number of carbonyl (C=O) groups excluding carboxylic acids is 1. The Morgan fingerprint density at radius 3 is 2.00 bits per heavy atom. The number of carbonyl (C=O) groups is 2. The maximum absolute atomic E-state index is 11.7. The second kappa shape index (κ2) is 7.25. The highest BCUT2D eigenvalue weighted by atomic mass is 16.4. The molecule has 1 atom stereocenters. The minimum Gasteiger partial charge on any atom is -0.480 e. The first-order valence-corrected chi connectivity index (χ1v) is 5.95. The second-order valence-corrected chi connectivity index (χ2v) is 4.54. The molecule has 0 aromatic carbocycles. The lowest BCUT2D eigenvalue weighted by atomic mass is 10.00. The Kier molecular flexibility index (Phi) is 6.77. The van der Waals surface area contributed by atoms with Gasteiger partial charge in [0.2, 0.25) is 5.91 Å². The van der Waals surface area contributed by atoms with Crippen LogP contribution in [0.3, 0.4) is 0 Å². The normalized spacial score (nSPS) is 12.9. The average Bonchev–Trinajstić information content (AvgIpc) is 2.17.